The Balaban J connectivity index is 1.53. The van der Waals surface area contributed by atoms with Gasteiger partial charge >= 0.3 is 0 Å². The second kappa shape index (κ2) is 7.95. The normalized spacial score (nSPS) is 33.2. The van der Waals surface area contributed by atoms with Gasteiger partial charge in [0.15, 0.2) is 0 Å². The van der Waals surface area contributed by atoms with Gasteiger partial charge in [0.2, 0.25) is 0 Å². The number of allylic oxidation sites excluding steroid dienone is 2. The van der Waals surface area contributed by atoms with E-state index in [1.165, 1.54) is 44.1 Å². The topological polar surface area (TPSA) is 9.23 Å². The number of quaternary nitrogens is 1. The minimum atomic E-state index is 0.175. The van der Waals surface area contributed by atoms with Gasteiger partial charge in [-0.25, -0.2) is 0 Å². The van der Waals surface area contributed by atoms with E-state index in [1.54, 1.807) is 0 Å². The van der Waals surface area contributed by atoms with Crippen LogP contribution in [0, 0.1) is 23.2 Å². The van der Waals surface area contributed by atoms with Crippen LogP contribution in [0.25, 0.3) is 0 Å². The van der Waals surface area contributed by atoms with E-state index in [-0.39, 0.29) is 5.41 Å². The molecule has 0 spiro atoms. The molecule has 0 unspecified atom stereocenters. The molecule has 1 heterocycles. The molecule has 2 fully saturated rings. The lowest BCUT2D eigenvalue weighted by Crippen LogP contribution is -2.58. The summed E-state index contributed by atoms with van der Waals surface area (Å²) in [5.41, 5.74) is 1.60. The van der Waals surface area contributed by atoms with Crippen molar-refractivity contribution in [1.82, 2.24) is 0 Å². The van der Waals surface area contributed by atoms with Gasteiger partial charge in [-0.2, -0.15) is 0 Å². The van der Waals surface area contributed by atoms with E-state index in [4.69, 9.17) is 4.74 Å². The average molecular weight is 383 g/mol. The summed E-state index contributed by atoms with van der Waals surface area (Å²) in [5, 5.41) is 0. The van der Waals surface area contributed by atoms with Gasteiger partial charge in [0.1, 0.15) is 6.54 Å². The molecule has 0 aromatic heterocycles. The van der Waals surface area contributed by atoms with Crippen molar-refractivity contribution < 1.29 is 9.22 Å². The molecular formula is C26H40NO+. The largest absolute Gasteiger partial charge is 0.374 e. The Labute approximate surface area is 172 Å². The number of hydrogen-bond acceptors (Lipinski definition) is 1. The lowest BCUT2D eigenvalue weighted by Gasteiger charge is -2.54. The number of fused-ring (bicyclic) bond motifs is 3. The molecular weight excluding hydrogens is 342 g/mol. The smallest absolute Gasteiger partial charge is 0.104 e. The predicted octanol–water partition coefficient (Wildman–Crippen LogP) is 5.83. The van der Waals surface area contributed by atoms with Crippen LogP contribution in [0.3, 0.4) is 0 Å². The Morgan fingerprint density at radius 1 is 1.00 bits per heavy atom. The summed E-state index contributed by atoms with van der Waals surface area (Å²) < 4.78 is 7.99. The van der Waals surface area contributed by atoms with Crippen LogP contribution in [0.1, 0.15) is 57.9 Å². The summed E-state index contributed by atoms with van der Waals surface area (Å²) in [6, 6.07) is 11.0. The summed E-state index contributed by atoms with van der Waals surface area (Å²) in [5.74, 6) is 2.23. The fourth-order valence-electron chi connectivity index (χ4n) is 6.81. The second-order valence-corrected chi connectivity index (χ2v) is 11.0. The van der Waals surface area contributed by atoms with Crippen molar-refractivity contribution in [2.75, 3.05) is 20.6 Å². The highest BCUT2D eigenvalue weighted by Gasteiger charge is 2.51. The Kier molecular flexibility index (Phi) is 5.73. The summed E-state index contributed by atoms with van der Waals surface area (Å²) >= 11 is 0. The molecule has 4 rings (SSSR count). The highest BCUT2D eigenvalue weighted by atomic mass is 16.5. The summed E-state index contributed by atoms with van der Waals surface area (Å²) in [6.07, 6.45) is 13.9. The summed E-state index contributed by atoms with van der Waals surface area (Å²) in [4.78, 5) is 0. The Bertz CT molecular complexity index is 677. The zero-order valence-electron chi connectivity index (χ0n) is 18.4. The molecule has 0 bridgehead atoms. The van der Waals surface area contributed by atoms with Crippen LogP contribution in [-0.4, -0.2) is 37.3 Å². The monoisotopic (exact) mass is 382 g/mol. The standard InChI is InChI=1S/C26H40NO/c1-26(2,19-27(3,4)18-20-12-6-5-7-13-20)25-23-16-9-8-14-21(23)22-15-10-11-17-24(22)28-25/h5-8,12-14,21-25H,9-11,15-19H2,1-4H3/q+1/t21-,22-,23+,24+,25-/m1/s1. The number of ether oxygens (including phenoxy) is 1. The highest BCUT2D eigenvalue weighted by molar-refractivity contribution is 5.13. The fraction of sp³-hybridized carbons (Fsp3) is 0.692. The average Bonchev–Trinajstić information content (AvgIpc) is 2.67. The van der Waals surface area contributed by atoms with Gasteiger partial charge in [0.25, 0.3) is 0 Å². The van der Waals surface area contributed by atoms with E-state index >= 15 is 0 Å². The quantitative estimate of drug-likeness (QED) is 0.460. The van der Waals surface area contributed by atoms with Crippen molar-refractivity contribution in [1.29, 1.82) is 0 Å². The maximum atomic E-state index is 6.98. The molecule has 1 aromatic rings. The van der Waals surface area contributed by atoms with Crippen LogP contribution in [0.4, 0.5) is 0 Å². The lowest BCUT2D eigenvalue weighted by molar-refractivity contribution is -0.910. The van der Waals surface area contributed by atoms with Gasteiger partial charge in [-0.05, 0) is 43.4 Å². The third kappa shape index (κ3) is 4.24. The van der Waals surface area contributed by atoms with E-state index < -0.39 is 0 Å². The zero-order chi connectivity index (χ0) is 19.8. The number of nitrogens with zero attached hydrogens (tertiary/aromatic N) is 1. The van der Waals surface area contributed by atoms with Crippen molar-refractivity contribution in [3.63, 3.8) is 0 Å². The van der Waals surface area contributed by atoms with Gasteiger partial charge in [-0.15, -0.1) is 0 Å². The first-order valence-corrected chi connectivity index (χ1v) is 11.5. The SMILES string of the molecule is CC(C)(C[N+](C)(C)Cc1ccccc1)[C@@H]1O[C@H]2CCCC[C@@H]2[C@H]2C=CCC[C@@H]21. The third-order valence-corrected chi connectivity index (χ3v) is 7.54. The van der Waals surface area contributed by atoms with E-state index in [0.717, 1.165) is 29.4 Å². The van der Waals surface area contributed by atoms with Crippen LogP contribution in [0.5, 0.6) is 0 Å². The van der Waals surface area contributed by atoms with Crippen LogP contribution in [0.2, 0.25) is 0 Å². The van der Waals surface area contributed by atoms with Crippen LogP contribution in [0.15, 0.2) is 42.5 Å². The van der Waals surface area contributed by atoms with Crippen molar-refractivity contribution in [2.45, 2.75) is 71.1 Å². The minimum Gasteiger partial charge on any atom is -0.374 e. The summed E-state index contributed by atoms with van der Waals surface area (Å²) in [6.45, 7) is 7.18. The van der Waals surface area contributed by atoms with E-state index in [1.807, 2.05) is 0 Å². The van der Waals surface area contributed by atoms with E-state index in [0.29, 0.717) is 18.1 Å². The maximum Gasteiger partial charge on any atom is 0.104 e. The third-order valence-electron chi connectivity index (χ3n) is 7.54. The van der Waals surface area contributed by atoms with Crippen molar-refractivity contribution >= 4 is 0 Å². The predicted molar refractivity (Wildman–Crippen MR) is 117 cm³/mol. The first-order chi connectivity index (χ1) is 13.4. The Morgan fingerprint density at radius 3 is 2.54 bits per heavy atom. The van der Waals surface area contributed by atoms with Gasteiger partial charge < -0.3 is 9.22 Å². The van der Waals surface area contributed by atoms with Crippen molar-refractivity contribution in [3.05, 3.63) is 48.0 Å². The van der Waals surface area contributed by atoms with Gasteiger partial charge in [0.05, 0.1) is 32.8 Å². The molecule has 1 aliphatic heterocycles. The zero-order valence-corrected chi connectivity index (χ0v) is 18.4. The molecule has 3 aliphatic rings. The fourth-order valence-corrected chi connectivity index (χ4v) is 6.81. The molecule has 0 radical (unpaired) electrons. The second-order valence-electron chi connectivity index (χ2n) is 11.0. The van der Waals surface area contributed by atoms with Crippen LogP contribution in [-0.2, 0) is 11.3 Å². The lowest BCUT2D eigenvalue weighted by atomic mass is 9.61. The molecule has 0 amide bonds. The summed E-state index contributed by atoms with van der Waals surface area (Å²) in [7, 11) is 4.78. The minimum absolute atomic E-state index is 0.175. The molecule has 2 nitrogen and oxygen atoms in total. The molecule has 2 heteroatoms. The first kappa shape index (κ1) is 20.2. The van der Waals surface area contributed by atoms with Crippen LogP contribution >= 0.6 is 0 Å². The van der Waals surface area contributed by atoms with Crippen molar-refractivity contribution in [3.8, 4) is 0 Å². The molecule has 0 N–H and O–H groups in total. The molecule has 1 saturated heterocycles. The first-order valence-electron chi connectivity index (χ1n) is 11.5. The van der Waals surface area contributed by atoms with Gasteiger partial charge in [-0.1, -0.05) is 69.2 Å². The molecule has 2 aliphatic carbocycles. The highest BCUT2D eigenvalue weighted by Crippen LogP contribution is 2.50. The Morgan fingerprint density at radius 2 is 1.75 bits per heavy atom. The van der Waals surface area contributed by atoms with E-state index in [9.17, 15) is 0 Å². The molecule has 28 heavy (non-hydrogen) atoms. The number of rotatable bonds is 5. The number of benzene rings is 1. The van der Waals surface area contributed by atoms with Gasteiger partial charge in [0, 0.05) is 11.0 Å². The number of hydrogen-bond donors (Lipinski definition) is 0. The van der Waals surface area contributed by atoms with Gasteiger partial charge in [-0.3, -0.25) is 0 Å². The molecule has 1 aromatic carbocycles. The van der Waals surface area contributed by atoms with Crippen molar-refractivity contribution in [2.24, 2.45) is 23.2 Å². The molecule has 1 saturated carbocycles. The Hall–Kier alpha value is -1.12. The van der Waals surface area contributed by atoms with E-state index in [2.05, 4.69) is 70.4 Å². The van der Waals surface area contributed by atoms with Crippen LogP contribution < -0.4 is 0 Å². The maximum absolute atomic E-state index is 6.98. The molecule has 154 valence electrons. The molecule has 5 atom stereocenters.